The van der Waals surface area contributed by atoms with E-state index in [-0.39, 0.29) is 29.9 Å². The number of halogens is 1. The van der Waals surface area contributed by atoms with Crippen LogP contribution in [0.4, 0.5) is 0 Å². The van der Waals surface area contributed by atoms with Gasteiger partial charge in [0, 0.05) is 55.2 Å². The molecule has 154 valence electrons. The number of benzene rings is 1. The average Bonchev–Trinajstić information content (AvgIpc) is 2.67. The molecule has 2 saturated heterocycles. The molecule has 2 aliphatic heterocycles. The Morgan fingerprint density at radius 3 is 2.32 bits per heavy atom. The zero-order valence-corrected chi connectivity index (χ0v) is 18.3. The fourth-order valence-corrected chi connectivity index (χ4v) is 4.33. The van der Waals surface area contributed by atoms with E-state index in [0.717, 1.165) is 36.9 Å². The molecule has 2 fully saturated rings. The summed E-state index contributed by atoms with van der Waals surface area (Å²) in [7, 11) is 0. The quantitative estimate of drug-likeness (QED) is 0.746. The van der Waals surface area contributed by atoms with Crippen molar-refractivity contribution < 1.29 is 14.3 Å². The lowest BCUT2D eigenvalue weighted by Gasteiger charge is -2.35. The number of carbonyl (C=O) groups is 2. The molecule has 0 aromatic heterocycles. The second-order valence-corrected chi connectivity index (χ2v) is 8.80. The third kappa shape index (κ3) is 5.78. The van der Waals surface area contributed by atoms with Crippen molar-refractivity contribution >= 4 is 27.7 Å². The molecule has 0 spiro atoms. The van der Waals surface area contributed by atoms with E-state index >= 15 is 0 Å². The maximum Gasteiger partial charge on any atom is 0.253 e. The van der Waals surface area contributed by atoms with E-state index in [9.17, 15) is 9.59 Å². The van der Waals surface area contributed by atoms with Crippen LogP contribution in [0, 0.1) is 5.92 Å². The number of hydrogen-bond acceptors (Lipinski definition) is 4. The zero-order chi connectivity index (χ0) is 20.1. The van der Waals surface area contributed by atoms with Crippen molar-refractivity contribution in [2.45, 2.75) is 38.9 Å². The van der Waals surface area contributed by atoms with Crippen molar-refractivity contribution in [2.24, 2.45) is 5.92 Å². The van der Waals surface area contributed by atoms with Crippen LogP contribution in [0.15, 0.2) is 28.7 Å². The lowest BCUT2D eigenvalue weighted by molar-refractivity contribution is -0.126. The molecule has 2 atom stereocenters. The normalized spacial score (nSPS) is 24.2. The van der Waals surface area contributed by atoms with Crippen LogP contribution in [0.1, 0.15) is 37.0 Å². The van der Waals surface area contributed by atoms with Crippen molar-refractivity contribution in [3.63, 3.8) is 0 Å². The van der Waals surface area contributed by atoms with E-state index in [0.29, 0.717) is 25.2 Å². The summed E-state index contributed by atoms with van der Waals surface area (Å²) < 4.78 is 6.70. The molecule has 2 heterocycles. The number of likely N-dealkylation sites (tertiary alicyclic amines) is 1. The number of amides is 2. The van der Waals surface area contributed by atoms with E-state index in [1.54, 1.807) is 0 Å². The lowest BCUT2D eigenvalue weighted by Crippen LogP contribution is -2.48. The van der Waals surface area contributed by atoms with Crippen LogP contribution < -0.4 is 5.32 Å². The van der Waals surface area contributed by atoms with E-state index < -0.39 is 0 Å². The summed E-state index contributed by atoms with van der Waals surface area (Å²) in [6, 6.07) is 7.42. The smallest absolute Gasteiger partial charge is 0.253 e. The highest BCUT2D eigenvalue weighted by molar-refractivity contribution is 9.10. The number of carbonyl (C=O) groups excluding carboxylic acids is 2. The number of ether oxygens (including phenoxy) is 1. The molecular weight excluding hydrogens is 422 g/mol. The minimum absolute atomic E-state index is 0.00324. The summed E-state index contributed by atoms with van der Waals surface area (Å²) in [5.41, 5.74) is 0.695. The molecule has 28 heavy (non-hydrogen) atoms. The molecule has 2 aliphatic rings. The molecular formula is C21H30BrN3O3. The van der Waals surface area contributed by atoms with E-state index in [1.165, 1.54) is 0 Å². The van der Waals surface area contributed by atoms with Gasteiger partial charge in [0.2, 0.25) is 5.91 Å². The number of morpholine rings is 1. The Bertz CT molecular complexity index is 664. The lowest BCUT2D eigenvalue weighted by atomic mass is 9.95. The predicted octanol–water partition coefficient (Wildman–Crippen LogP) is 2.53. The van der Waals surface area contributed by atoms with E-state index in [2.05, 4.69) is 40.0 Å². The van der Waals surface area contributed by atoms with Gasteiger partial charge in [-0.1, -0.05) is 15.9 Å². The Morgan fingerprint density at radius 1 is 1.11 bits per heavy atom. The second-order valence-electron chi connectivity index (χ2n) is 7.88. The van der Waals surface area contributed by atoms with Crippen LogP contribution in [-0.2, 0) is 9.53 Å². The summed E-state index contributed by atoms with van der Waals surface area (Å²) in [5, 5.41) is 3.08. The fourth-order valence-electron chi connectivity index (χ4n) is 4.07. The third-order valence-electron chi connectivity index (χ3n) is 5.47. The van der Waals surface area contributed by atoms with Gasteiger partial charge in [-0.3, -0.25) is 14.5 Å². The molecule has 1 aromatic carbocycles. The largest absolute Gasteiger partial charge is 0.373 e. The average molecular weight is 452 g/mol. The molecule has 2 unspecified atom stereocenters. The van der Waals surface area contributed by atoms with E-state index in [4.69, 9.17) is 4.74 Å². The molecule has 0 aliphatic carbocycles. The van der Waals surface area contributed by atoms with Crippen LogP contribution in [-0.4, -0.2) is 73.1 Å². The van der Waals surface area contributed by atoms with Gasteiger partial charge in [-0.2, -0.15) is 0 Å². The first-order chi connectivity index (χ1) is 13.4. The molecule has 0 saturated carbocycles. The van der Waals surface area contributed by atoms with Crippen molar-refractivity contribution in [3.05, 3.63) is 34.3 Å². The minimum atomic E-state index is -0.00324. The van der Waals surface area contributed by atoms with Crippen molar-refractivity contribution in [1.82, 2.24) is 15.1 Å². The van der Waals surface area contributed by atoms with Gasteiger partial charge in [0.1, 0.15) is 0 Å². The molecule has 2 amide bonds. The SMILES string of the molecule is CC1CN(CCNC(=O)C2CCN(C(=O)c3ccc(Br)cc3)CC2)CC(C)O1. The Kier molecular flexibility index (Phi) is 7.48. The van der Waals surface area contributed by atoms with Crippen molar-refractivity contribution in [1.29, 1.82) is 0 Å². The predicted molar refractivity (Wildman–Crippen MR) is 112 cm³/mol. The topological polar surface area (TPSA) is 61.9 Å². The maximum absolute atomic E-state index is 12.6. The Hall–Kier alpha value is -1.44. The fraction of sp³-hybridized carbons (Fsp3) is 0.619. The standard InChI is InChI=1S/C21H30BrN3O3/c1-15-13-24(14-16(2)28-15)12-9-23-20(26)17-7-10-25(11-8-17)21(27)18-3-5-19(22)6-4-18/h3-6,15-17H,7-14H2,1-2H3,(H,23,26). The Morgan fingerprint density at radius 2 is 1.71 bits per heavy atom. The number of nitrogens with zero attached hydrogens (tertiary/aromatic N) is 2. The second kappa shape index (κ2) is 9.85. The number of nitrogens with one attached hydrogen (secondary N) is 1. The van der Waals surface area contributed by atoms with Gasteiger partial charge < -0.3 is 15.0 Å². The van der Waals surface area contributed by atoms with Gasteiger partial charge in [-0.15, -0.1) is 0 Å². The molecule has 7 heteroatoms. The van der Waals surface area contributed by atoms with Gasteiger partial charge in [-0.25, -0.2) is 0 Å². The molecule has 6 nitrogen and oxygen atoms in total. The van der Waals surface area contributed by atoms with Gasteiger partial charge >= 0.3 is 0 Å². The molecule has 1 aromatic rings. The molecule has 1 N–H and O–H groups in total. The summed E-state index contributed by atoms with van der Waals surface area (Å²) in [6.07, 6.45) is 1.93. The number of hydrogen-bond donors (Lipinski definition) is 1. The minimum Gasteiger partial charge on any atom is -0.373 e. The summed E-state index contributed by atoms with van der Waals surface area (Å²) in [5.74, 6) is 0.156. The van der Waals surface area contributed by atoms with Crippen LogP contribution in [0.3, 0.4) is 0 Å². The maximum atomic E-state index is 12.6. The molecule has 3 rings (SSSR count). The van der Waals surface area contributed by atoms with Crippen LogP contribution in [0.5, 0.6) is 0 Å². The first-order valence-electron chi connectivity index (χ1n) is 10.1. The van der Waals surface area contributed by atoms with Crippen LogP contribution >= 0.6 is 15.9 Å². The third-order valence-corrected chi connectivity index (χ3v) is 6.00. The number of piperidine rings is 1. The van der Waals surface area contributed by atoms with Crippen molar-refractivity contribution in [3.8, 4) is 0 Å². The van der Waals surface area contributed by atoms with Gasteiger partial charge in [0.05, 0.1) is 12.2 Å². The van der Waals surface area contributed by atoms with Gasteiger partial charge in [0.25, 0.3) is 5.91 Å². The highest BCUT2D eigenvalue weighted by atomic mass is 79.9. The zero-order valence-electron chi connectivity index (χ0n) is 16.7. The van der Waals surface area contributed by atoms with Gasteiger partial charge in [-0.05, 0) is 51.0 Å². The molecule has 0 bridgehead atoms. The van der Waals surface area contributed by atoms with Crippen molar-refractivity contribution in [2.75, 3.05) is 39.3 Å². The first kappa shape index (κ1) is 21.3. The first-order valence-corrected chi connectivity index (χ1v) is 10.9. The summed E-state index contributed by atoms with van der Waals surface area (Å²) >= 11 is 3.39. The summed E-state index contributed by atoms with van der Waals surface area (Å²) in [4.78, 5) is 29.3. The van der Waals surface area contributed by atoms with Crippen LogP contribution in [0.25, 0.3) is 0 Å². The van der Waals surface area contributed by atoms with Gasteiger partial charge in [0.15, 0.2) is 0 Å². The monoisotopic (exact) mass is 451 g/mol. The Balaban J connectivity index is 1.39. The number of rotatable bonds is 5. The molecule has 0 radical (unpaired) electrons. The highest BCUT2D eigenvalue weighted by Gasteiger charge is 2.28. The Labute approximate surface area is 175 Å². The van der Waals surface area contributed by atoms with Crippen LogP contribution in [0.2, 0.25) is 0 Å². The van der Waals surface area contributed by atoms with E-state index in [1.807, 2.05) is 29.2 Å². The summed E-state index contributed by atoms with van der Waals surface area (Å²) in [6.45, 7) is 8.78. The highest BCUT2D eigenvalue weighted by Crippen LogP contribution is 2.20.